The number of rotatable bonds is 4. The lowest BCUT2D eigenvalue weighted by atomic mass is 10.1. The van der Waals surface area contributed by atoms with Crippen LogP contribution in [0.4, 0.5) is 0 Å². The van der Waals surface area contributed by atoms with Crippen LogP contribution < -0.4 is 0 Å². The van der Waals surface area contributed by atoms with Gasteiger partial charge in [-0.25, -0.2) is 4.79 Å². The van der Waals surface area contributed by atoms with Crippen molar-refractivity contribution >= 4 is 27.7 Å². The lowest BCUT2D eigenvalue weighted by Crippen LogP contribution is -2.27. The van der Waals surface area contributed by atoms with Crippen molar-refractivity contribution in [3.8, 4) is 0 Å². The van der Waals surface area contributed by atoms with Crippen LogP contribution >= 0.6 is 15.9 Å². The molecule has 0 aromatic carbocycles. The van der Waals surface area contributed by atoms with E-state index >= 15 is 0 Å². The van der Waals surface area contributed by atoms with Crippen molar-refractivity contribution in [2.75, 3.05) is 5.33 Å². The van der Waals surface area contributed by atoms with Gasteiger partial charge in [0.05, 0.1) is 10.9 Å². The number of halogens is 1. The molecule has 0 aromatic rings. The first-order chi connectivity index (χ1) is 6.81. The molecule has 0 rings (SSSR count). The molecule has 0 atom stereocenters. The molecule has 0 saturated heterocycles. The molecule has 0 unspecified atom stereocenters. The number of hydrogen-bond acceptors (Lipinski definition) is 3. The van der Waals surface area contributed by atoms with Crippen LogP contribution in [0.15, 0.2) is 11.6 Å². The number of Topliss-reactive ketones (excluding diaryl/α,β-unsaturated/α-hetero) is 1. The quantitative estimate of drug-likeness (QED) is 0.261. The van der Waals surface area contributed by atoms with Crippen LogP contribution in [0.1, 0.15) is 34.1 Å². The molecule has 3 nitrogen and oxygen atoms in total. The number of hydrogen-bond donors (Lipinski definition) is 0. The monoisotopic (exact) mass is 276 g/mol. The van der Waals surface area contributed by atoms with Gasteiger partial charge in [-0.15, -0.1) is 0 Å². The Bertz CT molecular complexity index is 274. The van der Waals surface area contributed by atoms with Crippen molar-refractivity contribution in [3.63, 3.8) is 0 Å². The molecule has 0 aliphatic rings. The van der Waals surface area contributed by atoms with Crippen molar-refractivity contribution in [3.05, 3.63) is 11.6 Å². The molecule has 0 N–H and O–H groups in total. The summed E-state index contributed by atoms with van der Waals surface area (Å²) < 4.78 is 5.13. The fraction of sp³-hybridized carbons (Fsp3) is 0.636. The topological polar surface area (TPSA) is 43.4 Å². The van der Waals surface area contributed by atoms with Gasteiger partial charge >= 0.3 is 5.97 Å². The van der Waals surface area contributed by atoms with Crippen LogP contribution in [-0.2, 0) is 14.3 Å². The second-order valence-corrected chi connectivity index (χ2v) is 4.65. The number of ketones is 1. The first-order valence-electron chi connectivity index (χ1n) is 4.84. The summed E-state index contributed by atoms with van der Waals surface area (Å²) in [4.78, 5) is 23.0. The Hall–Kier alpha value is -0.640. The van der Waals surface area contributed by atoms with E-state index in [9.17, 15) is 9.59 Å². The summed E-state index contributed by atoms with van der Waals surface area (Å²) in [5.41, 5.74) is -0.444. The van der Waals surface area contributed by atoms with Crippen molar-refractivity contribution in [2.45, 2.75) is 39.7 Å². The molecule has 0 spiro atoms. The number of alkyl halides is 1. The standard InChI is InChI=1S/C11H17BrO3/c1-5-6-8(9(13)7-12)10(14)15-11(2,3)4/h6H,5,7H2,1-4H3. The minimum absolute atomic E-state index is 0.129. The first kappa shape index (κ1) is 14.4. The van der Waals surface area contributed by atoms with E-state index in [0.717, 1.165) is 0 Å². The highest BCUT2D eigenvalue weighted by molar-refractivity contribution is 9.09. The van der Waals surface area contributed by atoms with Gasteiger partial charge in [-0.05, 0) is 27.2 Å². The molecule has 0 aliphatic heterocycles. The Morgan fingerprint density at radius 3 is 2.20 bits per heavy atom. The smallest absolute Gasteiger partial charge is 0.341 e. The minimum atomic E-state index is -0.573. The Balaban J connectivity index is 4.74. The molecule has 0 radical (unpaired) electrons. The summed E-state index contributed by atoms with van der Waals surface area (Å²) in [7, 11) is 0. The van der Waals surface area contributed by atoms with Gasteiger partial charge in [0.1, 0.15) is 5.60 Å². The third-order valence-corrected chi connectivity index (χ3v) is 1.96. The minimum Gasteiger partial charge on any atom is -0.456 e. The van der Waals surface area contributed by atoms with E-state index < -0.39 is 11.6 Å². The van der Waals surface area contributed by atoms with Gasteiger partial charge in [-0.1, -0.05) is 28.9 Å². The average Bonchev–Trinajstić information content (AvgIpc) is 2.10. The van der Waals surface area contributed by atoms with Crippen LogP contribution in [0.3, 0.4) is 0 Å². The molecule has 15 heavy (non-hydrogen) atoms. The molecular weight excluding hydrogens is 260 g/mol. The lowest BCUT2D eigenvalue weighted by molar-refractivity contribution is -0.150. The van der Waals surface area contributed by atoms with Crippen LogP contribution in [0, 0.1) is 0 Å². The van der Waals surface area contributed by atoms with Crippen LogP contribution in [-0.4, -0.2) is 22.7 Å². The first-order valence-corrected chi connectivity index (χ1v) is 5.96. The van der Waals surface area contributed by atoms with E-state index in [-0.39, 0.29) is 16.7 Å². The van der Waals surface area contributed by atoms with E-state index in [1.807, 2.05) is 6.92 Å². The van der Waals surface area contributed by atoms with Gasteiger partial charge in [0.2, 0.25) is 0 Å². The number of carbonyl (C=O) groups is 2. The van der Waals surface area contributed by atoms with Gasteiger partial charge in [-0.3, -0.25) is 4.79 Å². The summed E-state index contributed by atoms with van der Waals surface area (Å²) in [5.74, 6) is -0.792. The second-order valence-electron chi connectivity index (χ2n) is 4.08. The van der Waals surface area contributed by atoms with Gasteiger partial charge < -0.3 is 4.74 Å². The highest BCUT2D eigenvalue weighted by Crippen LogP contribution is 2.12. The summed E-state index contributed by atoms with van der Waals surface area (Å²) in [6.07, 6.45) is 2.23. The highest BCUT2D eigenvalue weighted by Gasteiger charge is 2.23. The molecule has 4 heteroatoms. The summed E-state index contributed by atoms with van der Waals surface area (Å²) in [6, 6.07) is 0. The third kappa shape index (κ3) is 5.72. The van der Waals surface area contributed by atoms with Crippen LogP contribution in [0.25, 0.3) is 0 Å². The summed E-state index contributed by atoms with van der Waals surface area (Å²) >= 11 is 3.04. The molecular formula is C11H17BrO3. The Morgan fingerprint density at radius 1 is 1.33 bits per heavy atom. The van der Waals surface area contributed by atoms with Crippen molar-refractivity contribution in [2.24, 2.45) is 0 Å². The van der Waals surface area contributed by atoms with E-state index in [4.69, 9.17) is 4.74 Å². The second kappa shape index (κ2) is 6.05. The molecule has 0 saturated carbocycles. The normalized spacial score (nSPS) is 12.5. The SMILES string of the molecule is CCC=C(C(=O)CBr)C(=O)OC(C)(C)C. The largest absolute Gasteiger partial charge is 0.456 e. The van der Waals surface area contributed by atoms with E-state index in [1.165, 1.54) is 0 Å². The Kier molecular flexibility index (Phi) is 5.80. The van der Waals surface area contributed by atoms with E-state index in [0.29, 0.717) is 6.42 Å². The molecule has 0 heterocycles. The van der Waals surface area contributed by atoms with E-state index in [1.54, 1.807) is 26.8 Å². The fourth-order valence-corrected chi connectivity index (χ4v) is 1.22. The zero-order valence-corrected chi connectivity index (χ0v) is 11.2. The number of allylic oxidation sites excluding steroid dienone is 1. The van der Waals surface area contributed by atoms with Crippen LogP contribution in [0.2, 0.25) is 0 Å². The maximum atomic E-state index is 11.6. The predicted molar refractivity (Wildman–Crippen MR) is 63.0 cm³/mol. The van der Waals surface area contributed by atoms with E-state index in [2.05, 4.69) is 15.9 Å². The van der Waals surface area contributed by atoms with Crippen molar-refractivity contribution in [1.29, 1.82) is 0 Å². The lowest BCUT2D eigenvalue weighted by Gasteiger charge is -2.20. The molecule has 0 fully saturated rings. The Labute approximate surface area is 99.0 Å². The number of esters is 1. The number of carbonyl (C=O) groups excluding carboxylic acids is 2. The maximum Gasteiger partial charge on any atom is 0.341 e. The van der Waals surface area contributed by atoms with Crippen molar-refractivity contribution in [1.82, 2.24) is 0 Å². The predicted octanol–water partition coefficient (Wildman–Crippen LogP) is 2.63. The molecule has 0 amide bonds. The summed E-state index contributed by atoms with van der Waals surface area (Å²) in [5, 5.41) is 0.137. The zero-order valence-electron chi connectivity index (χ0n) is 9.59. The highest BCUT2D eigenvalue weighted by atomic mass is 79.9. The average molecular weight is 277 g/mol. The zero-order chi connectivity index (χ0) is 12.1. The molecule has 0 aliphatic carbocycles. The Morgan fingerprint density at radius 2 is 1.87 bits per heavy atom. The van der Waals surface area contributed by atoms with Crippen molar-refractivity contribution < 1.29 is 14.3 Å². The molecule has 86 valence electrons. The maximum absolute atomic E-state index is 11.6. The van der Waals surface area contributed by atoms with Gasteiger partial charge in [-0.2, -0.15) is 0 Å². The number of ether oxygens (including phenoxy) is 1. The molecule has 0 aromatic heterocycles. The fourth-order valence-electron chi connectivity index (χ4n) is 0.920. The van der Waals surface area contributed by atoms with Crippen LogP contribution in [0.5, 0.6) is 0 Å². The third-order valence-electron chi connectivity index (χ3n) is 1.45. The van der Waals surface area contributed by atoms with Gasteiger partial charge in [0.15, 0.2) is 5.78 Å². The molecule has 0 bridgehead atoms. The van der Waals surface area contributed by atoms with Gasteiger partial charge in [0.25, 0.3) is 0 Å². The summed E-state index contributed by atoms with van der Waals surface area (Å²) in [6.45, 7) is 7.18. The van der Waals surface area contributed by atoms with Gasteiger partial charge in [0, 0.05) is 0 Å².